The van der Waals surface area contributed by atoms with E-state index in [1.165, 1.54) is 11.3 Å². The van der Waals surface area contributed by atoms with Gasteiger partial charge in [0.2, 0.25) is 16.9 Å². The normalized spacial score (nSPS) is 23.2. The minimum absolute atomic E-state index is 0.116. The van der Waals surface area contributed by atoms with E-state index in [9.17, 15) is 9.59 Å². The molecule has 0 spiro atoms. The quantitative estimate of drug-likeness (QED) is 0.917. The molecule has 8 heteroatoms. The lowest BCUT2D eigenvalue weighted by Crippen LogP contribution is -2.46. The van der Waals surface area contributed by atoms with Gasteiger partial charge >= 0.3 is 0 Å². The molecule has 2 heterocycles. The van der Waals surface area contributed by atoms with Gasteiger partial charge in [0.1, 0.15) is 11.6 Å². The summed E-state index contributed by atoms with van der Waals surface area (Å²) in [7, 11) is 0. The number of carbonyl (C=O) groups is 2. The molecule has 1 aliphatic heterocycles. The number of hydrogen-bond acceptors (Lipinski definition) is 6. The molecular formula is C12H16N4O2S2. The molecule has 1 atom stereocenters. The Bertz CT molecular complexity index is 488. The first kappa shape index (κ1) is 13.8. The fourth-order valence-corrected chi connectivity index (χ4v) is 4.31. The van der Waals surface area contributed by atoms with Crippen LogP contribution in [0, 0.1) is 5.92 Å². The summed E-state index contributed by atoms with van der Waals surface area (Å²) in [6, 6.07) is -0.378. The highest BCUT2D eigenvalue weighted by molar-refractivity contribution is 7.99. The maximum Gasteiger partial charge on any atom is 0.249 e. The van der Waals surface area contributed by atoms with Gasteiger partial charge in [-0.05, 0) is 12.8 Å². The van der Waals surface area contributed by atoms with Crippen LogP contribution in [0.2, 0.25) is 0 Å². The second kappa shape index (κ2) is 6.09. The first-order valence-electron chi connectivity index (χ1n) is 6.71. The standard InChI is InChI=1S/C12H16N4O2S2/c17-10(14-12-15-13-6-20-12)9-5-19-7-16(9)11(18)8-3-1-2-4-8/h6,8-9H,1-5,7H2,(H,14,15,17)/t9-/m1/s1. The average Bonchev–Trinajstić information content (AvgIpc) is 3.19. The van der Waals surface area contributed by atoms with Crippen LogP contribution < -0.4 is 5.32 Å². The third kappa shape index (κ3) is 2.80. The van der Waals surface area contributed by atoms with Crippen molar-refractivity contribution >= 4 is 40.0 Å². The van der Waals surface area contributed by atoms with Crippen molar-refractivity contribution in [3.05, 3.63) is 5.51 Å². The van der Waals surface area contributed by atoms with Gasteiger partial charge in [0.25, 0.3) is 0 Å². The van der Waals surface area contributed by atoms with E-state index >= 15 is 0 Å². The molecule has 3 rings (SSSR count). The van der Waals surface area contributed by atoms with E-state index in [4.69, 9.17) is 0 Å². The molecule has 0 radical (unpaired) electrons. The van der Waals surface area contributed by atoms with Crippen molar-refractivity contribution in [1.82, 2.24) is 15.1 Å². The topological polar surface area (TPSA) is 75.2 Å². The number of hydrogen-bond donors (Lipinski definition) is 1. The van der Waals surface area contributed by atoms with E-state index in [-0.39, 0.29) is 23.8 Å². The van der Waals surface area contributed by atoms with Crippen LogP contribution in [-0.2, 0) is 9.59 Å². The minimum Gasteiger partial charge on any atom is -0.320 e. The molecule has 20 heavy (non-hydrogen) atoms. The fraction of sp³-hybridized carbons (Fsp3) is 0.667. The van der Waals surface area contributed by atoms with Gasteiger partial charge in [0.15, 0.2) is 0 Å². The van der Waals surface area contributed by atoms with E-state index < -0.39 is 0 Å². The zero-order valence-corrected chi connectivity index (χ0v) is 12.6. The predicted octanol–water partition coefficient (Wildman–Crippen LogP) is 1.57. The zero-order valence-electron chi connectivity index (χ0n) is 10.9. The van der Waals surface area contributed by atoms with Crippen molar-refractivity contribution in [3.63, 3.8) is 0 Å². The zero-order chi connectivity index (χ0) is 13.9. The first-order valence-corrected chi connectivity index (χ1v) is 8.74. The molecule has 1 N–H and O–H groups in total. The number of amides is 2. The monoisotopic (exact) mass is 312 g/mol. The van der Waals surface area contributed by atoms with Gasteiger partial charge in [-0.25, -0.2) is 0 Å². The number of thioether (sulfide) groups is 1. The molecule has 1 saturated heterocycles. The number of rotatable bonds is 3. The van der Waals surface area contributed by atoms with E-state index in [1.54, 1.807) is 22.2 Å². The van der Waals surface area contributed by atoms with Crippen molar-refractivity contribution in [2.24, 2.45) is 5.92 Å². The highest BCUT2D eigenvalue weighted by atomic mass is 32.2. The van der Waals surface area contributed by atoms with Crippen LogP contribution in [-0.4, -0.2) is 44.6 Å². The van der Waals surface area contributed by atoms with Crippen LogP contribution in [0.25, 0.3) is 0 Å². The second-order valence-electron chi connectivity index (χ2n) is 5.04. The molecule has 1 aliphatic carbocycles. The van der Waals surface area contributed by atoms with Crippen LogP contribution in [0.3, 0.4) is 0 Å². The number of anilines is 1. The number of aromatic nitrogens is 2. The fourth-order valence-electron chi connectivity index (χ4n) is 2.70. The molecular weight excluding hydrogens is 296 g/mol. The first-order chi connectivity index (χ1) is 9.75. The molecule has 0 bridgehead atoms. The average molecular weight is 312 g/mol. The maximum absolute atomic E-state index is 12.5. The SMILES string of the molecule is O=C(Nc1nncs1)[C@H]1CSCN1C(=O)C1CCCC1. The predicted molar refractivity (Wildman–Crippen MR) is 78.5 cm³/mol. The Labute approximate surface area is 125 Å². The Morgan fingerprint density at radius 1 is 1.35 bits per heavy atom. The number of carbonyl (C=O) groups excluding carboxylic acids is 2. The van der Waals surface area contributed by atoms with Crippen LogP contribution >= 0.6 is 23.1 Å². The molecule has 2 fully saturated rings. The Balaban J connectivity index is 1.65. The number of nitrogens with one attached hydrogen (secondary N) is 1. The molecule has 1 aromatic heterocycles. The van der Waals surface area contributed by atoms with Crippen molar-refractivity contribution in [1.29, 1.82) is 0 Å². The minimum atomic E-state index is -0.378. The summed E-state index contributed by atoms with van der Waals surface area (Å²) in [5.41, 5.74) is 1.57. The number of nitrogens with zero attached hydrogens (tertiary/aromatic N) is 3. The molecule has 1 aromatic rings. The summed E-state index contributed by atoms with van der Waals surface area (Å²) in [4.78, 5) is 26.5. The summed E-state index contributed by atoms with van der Waals surface area (Å²) < 4.78 is 0. The Hall–Kier alpha value is -1.15. The molecule has 1 saturated carbocycles. The highest BCUT2D eigenvalue weighted by Gasteiger charge is 2.38. The van der Waals surface area contributed by atoms with Gasteiger partial charge in [-0.2, -0.15) is 0 Å². The maximum atomic E-state index is 12.5. The van der Waals surface area contributed by atoms with Crippen LogP contribution in [0.15, 0.2) is 5.51 Å². The van der Waals surface area contributed by atoms with Crippen molar-refractivity contribution in [2.75, 3.05) is 16.9 Å². The van der Waals surface area contributed by atoms with E-state index in [1.807, 2.05) is 0 Å². The lowest BCUT2D eigenvalue weighted by Gasteiger charge is -2.25. The van der Waals surface area contributed by atoms with E-state index in [0.717, 1.165) is 25.7 Å². The Kier molecular flexibility index (Phi) is 4.21. The smallest absolute Gasteiger partial charge is 0.249 e. The molecule has 0 aromatic carbocycles. The van der Waals surface area contributed by atoms with Crippen molar-refractivity contribution in [2.45, 2.75) is 31.7 Å². The lowest BCUT2D eigenvalue weighted by molar-refractivity contribution is -0.139. The lowest BCUT2D eigenvalue weighted by atomic mass is 10.1. The third-order valence-electron chi connectivity index (χ3n) is 3.76. The van der Waals surface area contributed by atoms with Crippen LogP contribution in [0.5, 0.6) is 0 Å². The summed E-state index contributed by atoms with van der Waals surface area (Å²) in [5, 5.41) is 10.7. The summed E-state index contributed by atoms with van der Waals surface area (Å²) in [6.45, 7) is 0. The van der Waals surface area contributed by atoms with Gasteiger partial charge in [-0.3, -0.25) is 14.9 Å². The molecule has 0 unspecified atom stereocenters. The molecule has 108 valence electrons. The van der Waals surface area contributed by atoms with Gasteiger partial charge < -0.3 is 4.90 Å². The van der Waals surface area contributed by atoms with Crippen LogP contribution in [0.1, 0.15) is 25.7 Å². The van der Waals surface area contributed by atoms with Gasteiger partial charge in [0.05, 0.1) is 5.88 Å². The summed E-state index contributed by atoms with van der Waals surface area (Å²) in [6.07, 6.45) is 4.17. The molecule has 2 aliphatic rings. The van der Waals surface area contributed by atoms with Crippen molar-refractivity contribution in [3.8, 4) is 0 Å². The van der Waals surface area contributed by atoms with Gasteiger partial charge in [-0.1, -0.05) is 24.2 Å². The highest BCUT2D eigenvalue weighted by Crippen LogP contribution is 2.31. The molecule has 2 amide bonds. The Morgan fingerprint density at radius 2 is 2.15 bits per heavy atom. The van der Waals surface area contributed by atoms with E-state index in [2.05, 4.69) is 15.5 Å². The van der Waals surface area contributed by atoms with Gasteiger partial charge in [-0.15, -0.1) is 22.0 Å². The Morgan fingerprint density at radius 3 is 2.85 bits per heavy atom. The van der Waals surface area contributed by atoms with E-state index in [0.29, 0.717) is 16.8 Å². The van der Waals surface area contributed by atoms with Gasteiger partial charge in [0, 0.05) is 11.7 Å². The summed E-state index contributed by atoms with van der Waals surface area (Å²) >= 11 is 2.91. The van der Waals surface area contributed by atoms with Crippen LogP contribution in [0.4, 0.5) is 5.13 Å². The van der Waals surface area contributed by atoms with Crippen molar-refractivity contribution < 1.29 is 9.59 Å². The third-order valence-corrected chi connectivity index (χ3v) is 5.38. The largest absolute Gasteiger partial charge is 0.320 e. The molecule has 6 nitrogen and oxygen atoms in total. The second-order valence-corrected chi connectivity index (χ2v) is 6.87. The summed E-state index contributed by atoms with van der Waals surface area (Å²) in [5.74, 6) is 1.38.